The smallest absolute Gasteiger partial charge is 0.0957 e. The van der Waals surface area contributed by atoms with Crippen LogP contribution in [0.4, 0.5) is 0 Å². The molecule has 3 rings (SSSR count). The highest BCUT2D eigenvalue weighted by molar-refractivity contribution is 5.61. The van der Waals surface area contributed by atoms with Crippen LogP contribution in [-0.2, 0) is 0 Å². The van der Waals surface area contributed by atoms with Gasteiger partial charge in [-0.05, 0) is 24.1 Å². The number of pyridine rings is 1. The number of hydrogen-bond acceptors (Lipinski definition) is 3. The Hall–Kier alpha value is -2.46. The van der Waals surface area contributed by atoms with Gasteiger partial charge < -0.3 is 5.11 Å². The van der Waals surface area contributed by atoms with Crippen LogP contribution in [0, 0.1) is 0 Å². The number of rotatable bonds is 4. The first-order valence-corrected chi connectivity index (χ1v) is 7.02. The molecule has 4 heteroatoms. The molecule has 0 bridgehead atoms. The quantitative estimate of drug-likeness (QED) is 0.796. The molecule has 4 nitrogen and oxygen atoms in total. The summed E-state index contributed by atoms with van der Waals surface area (Å²) in [4.78, 5) is 4.30. The van der Waals surface area contributed by atoms with E-state index < -0.39 is 6.10 Å². The van der Waals surface area contributed by atoms with Gasteiger partial charge in [-0.2, -0.15) is 5.10 Å². The Morgan fingerprint density at radius 3 is 2.52 bits per heavy atom. The number of hydrogen-bond donors (Lipinski definition) is 1. The molecule has 0 saturated heterocycles. The average Bonchev–Trinajstić information content (AvgIpc) is 3.05. The van der Waals surface area contributed by atoms with Crippen molar-refractivity contribution in [2.75, 3.05) is 0 Å². The Labute approximate surface area is 123 Å². The minimum absolute atomic E-state index is 0.503. The fraction of sp³-hybridized carbons (Fsp3) is 0.176. The van der Waals surface area contributed by atoms with Gasteiger partial charge in [0, 0.05) is 11.8 Å². The first-order valence-electron chi connectivity index (χ1n) is 7.02. The molecule has 0 saturated carbocycles. The van der Waals surface area contributed by atoms with E-state index in [9.17, 15) is 5.11 Å². The van der Waals surface area contributed by atoms with E-state index in [1.807, 2.05) is 49.6 Å². The highest BCUT2D eigenvalue weighted by Crippen LogP contribution is 2.20. The summed E-state index contributed by atoms with van der Waals surface area (Å²) in [7, 11) is 0. The topological polar surface area (TPSA) is 50.9 Å². The van der Waals surface area contributed by atoms with Crippen molar-refractivity contribution in [3.8, 4) is 16.8 Å². The van der Waals surface area contributed by atoms with Crippen molar-refractivity contribution in [3.05, 3.63) is 66.7 Å². The summed E-state index contributed by atoms with van der Waals surface area (Å²) in [6.45, 7) is 1.93. The maximum atomic E-state index is 9.76. The van der Waals surface area contributed by atoms with Gasteiger partial charge in [-0.1, -0.05) is 37.3 Å². The lowest BCUT2D eigenvalue weighted by Gasteiger charge is -2.07. The monoisotopic (exact) mass is 279 g/mol. The van der Waals surface area contributed by atoms with E-state index in [4.69, 9.17) is 0 Å². The molecule has 1 unspecified atom stereocenters. The first kappa shape index (κ1) is 13.5. The van der Waals surface area contributed by atoms with Crippen molar-refractivity contribution in [2.45, 2.75) is 19.4 Å². The van der Waals surface area contributed by atoms with Crippen molar-refractivity contribution in [2.24, 2.45) is 0 Å². The van der Waals surface area contributed by atoms with Gasteiger partial charge in [0.2, 0.25) is 0 Å². The summed E-state index contributed by atoms with van der Waals surface area (Å²) in [5.41, 5.74) is 3.77. The zero-order chi connectivity index (χ0) is 14.7. The van der Waals surface area contributed by atoms with E-state index in [0.717, 1.165) is 16.8 Å². The molecular formula is C17H17N3O. The van der Waals surface area contributed by atoms with Crippen LogP contribution in [0.1, 0.15) is 25.1 Å². The van der Waals surface area contributed by atoms with Crippen LogP contribution in [0.15, 0.2) is 61.1 Å². The largest absolute Gasteiger partial charge is 0.387 e. The number of nitrogens with zero attached hydrogens (tertiary/aromatic N) is 3. The zero-order valence-corrected chi connectivity index (χ0v) is 11.8. The maximum absolute atomic E-state index is 9.76. The van der Waals surface area contributed by atoms with Gasteiger partial charge in [-0.15, -0.1) is 0 Å². The fourth-order valence-electron chi connectivity index (χ4n) is 2.18. The minimum Gasteiger partial charge on any atom is -0.387 e. The van der Waals surface area contributed by atoms with Crippen molar-refractivity contribution in [3.63, 3.8) is 0 Å². The maximum Gasteiger partial charge on any atom is 0.0957 e. The molecule has 0 amide bonds. The number of benzene rings is 1. The van der Waals surface area contributed by atoms with Crippen LogP contribution in [0.25, 0.3) is 16.8 Å². The number of aromatic nitrogens is 3. The molecule has 2 heterocycles. The van der Waals surface area contributed by atoms with Crippen molar-refractivity contribution in [1.29, 1.82) is 0 Å². The SMILES string of the molecule is CCC(O)c1ccc(-n2cc(-c3ccccc3)cn2)cn1. The second kappa shape index (κ2) is 5.89. The van der Waals surface area contributed by atoms with Crippen molar-refractivity contribution < 1.29 is 5.11 Å². The van der Waals surface area contributed by atoms with E-state index in [1.165, 1.54) is 0 Å². The molecule has 0 aliphatic heterocycles. The lowest BCUT2D eigenvalue weighted by molar-refractivity contribution is 0.169. The normalized spacial score (nSPS) is 12.3. The molecule has 1 atom stereocenters. The summed E-state index contributed by atoms with van der Waals surface area (Å²) in [6, 6.07) is 13.9. The van der Waals surface area contributed by atoms with E-state index in [-0.39, 0.29) is 0 Å². The minimum atomic E-state index is -0.503. The highest BCUT2D eigenvalue weighted by Gasteiger charge is 2.07. The summed E-state index contributed by atoms with van der Waals surface area (Å²) < 4.78 is 1.79. The highest BCUT2D eigenvalue weighted by atomic mass is 16.3. The molecule has 2 aromatic heterocycles. The third-order valence-electron chi connectivity index (χ3n) is 3.45. The van der Waals surface area contributed by atoms with Gasteiger partial charge >= 0.3 is 0 Å². The second-order valence-corrected chi connectivity index (χ2v) is 4.90. The molecule has 106 valence electrons. The summed E-state index contributed by atoms with van der Waals surface area (Å²) in [6.07, 6.45) is 5.70. The lowest BCUT2D eigenvalue weighted by atomic mass is 10.1. The van der Waals surface area contributed by atoms with Crippen LogP contribution >= 0.6 is 0 Å². The van der Waals surface area contributed by atoms with E-state index in [0.29, 0.717) is 12.1 Å². The average molecular weight is 279 g/mol. The Bertz CT molecular complexity index is 704. The third-order valence-corrected chi connectivity index (χ3v) is 3.45. The molecule has 1 aromatic carbocycles. The Morgan fingerprint density at radius 2 is 1.86 bits per heavy atom. The zero-order valence-electron chi connectivity index (χ0n) is 11.8. The molecule has 0 aliphatic carbocycles. The van der Waals surface area contributed by atoms with Gasteiger partial charge in [0.05, 0.1) is 29.9 Å². The van der Waals surface area contributed by atoms with Crippen LogP contribution in [0.5, 0.6) is 0 Å². The van der Waals surface area contributed by atoms with E-state index >= 15 is 0 Å². The van der Waals surface area contributed by atoms with E-state index in [1.54, 1.807) is 10.9 Å². The Morgan fingerprint density at radius 1 is 1.05 bits per heavy atom. The van der Waals surface area contributed by atoms with Gasteiger partial charge in [0.1, 0.15) is 0 Å². The fourth-order valence-corrected chi connectivity index (χ4v) is 2.18. The number of aliphatic hydroxyl groups is 1. The van der Waals surface area contributed by atoms with Crippen LogP contribution in [-0.4, -0.2) is 19.9 Å². The Balaban J connectivity index is 1.86. The van der Waals surface area contributed by atoms with Gasteiger partial charge in [-0.25, -0.2) is 4.68 Å². The predicted molar refractivity (Wildman–Crippen MR) is 82.0 cm³/mol. The molecule has 1 N–H and O–H groups in total. The summed E-state index contributed by atoms with van der Waals surface area (Å²) in [5, 5.41) is 14.1. The first-order chi connectivity index (χ1) is 10.3. The molecule has 3 aromatic rings. The van der Waals surface area contributed by atoms with Crippen molar-refractivity contribution >= 4 is 0 Å². The lowest BCUT2D eigenvalue weighted by Crippen LogP contribution is -2.01. The van der Waals surface area contributed by atoms with E-state index in [2.05, 4.69) is 22.2 Å². The Kier molecular flexibility index (Phi) is 3.79. The molecule has 0 fully saturated rings. The molecule has 0 aliphatic rings. The van der Waals surface area contributed by atoms with Crippen molar-refractivity contribution in [1.82, 2.24) is 14.8 Å². The van der Waals surface area contributed by atoms with Gasteiger partial charge in [0.25, 0.3) is 0 Å². The van der Waals surface area contributed by atoms with Gasteiger partial charge in [0.15, 0.2) is 0 Å². The third kappa shape index (κ3) is 2.85. The van der Waals surface area contributed by atoms with Crippen LogP contribution in [0.3, 0.4) is 0 Å². The molecular weight excluding hydrogens is 262 g/mol. The summed E-state index contributed by atoms with van der Waals surface area (Å²) >= 11 is 0. The predicted octanol–water partition coefficient (Wildman–Crippen LogP) is 3.38. The van der Waals surface area contributed by atoms with Gasteiger partial charge in [-0.3, -0.25) is 4.98 Å². The second-order valence-electron chi connectivity index (χ2n) is 4.90. The van der Waals surface area contributed by atoms with Crippen LogP contribution in [0.2, 0.25) is 0 Å². The molecule has 0 spiro atoms. The summed E-state index contributed by atoms with van der Waals surface area (Å²) in [5.74, 6) is 0. The number of aliphatic hydroxyl groups excluding tert-OH is 1. The molecule has 21 heavy (non-hydrogen) atoms. The molecule has 0 radical (unpaired) electrons. The standard InChI is InChI=1S/C17H17N3O/c1-2-17(21)16-9-8-15(11-18-16)20-12-14(10-19-20)13-6-4-3-5-7-13/h3-12,17,21H,2H2,1H3. The van der Waals surface area contributed by atoms with Crippen LogP contribution < -0.4 is 0 Å².